The number of Topliss-reactive ketones (excluding diaryl/α,β-unsaturated/α-hetero) is 3. The maximum Gasteiger partial charge on any atom is 0.417 e. The standard InChI is InChI=1S/C15H23NO6.C11H19NO3.C6H10O4/c1-5-21-13(19)12(18)10-8-9(6-7-11(10)17)16-14(20)22-15(2,3)4;1-11(2,3)15-10(14)12-8-4-6-9(13)7-5-8;1-3-9-5(7)6(8)10-4-2/h9-10H,5-8H2,1-4H3,(H,16,20);8H,4-7H2,1-3H3,(H,12,14);3-4H2,1-2H3. The van der Waals surface area contributed by atoms with Crippen molar-refractivity contribution in [1.82, 2.24) is 10.6 Å². The molecule has 15 nitrogen and oxygen atoms in total. The van der Waals surface area contributed by atoms with Gasteiger partial charge in [-0.3, -0.25) is 14.4 Å². The molecule has 2 N–H and O–H groups in total. The Morgan fingerprint density at radius 2 is 1.00 bits per heavy atom. The van der Waals surface area contributed by atoms with Crippen molar-refractivity contribution in [1.29, 1.82) is 0 Å². The Hall–Kier alpha value is -4.04. The number of carbonyl (C=O) groups excluding carboxylic acids is 8. The summed E-state index contributed by atoms with van der Waals surface area (Å²) in [5, 5.41) is 5.42. The monoisotopic (exact) mass is 672 g/mol. The summed E-state index contributed by atoms with van der Waals surface area (Å²) >= 11 is 0. The average Bonchev–Trinajstić information content (AvgIpc) is 2.94. The summed E-state index contributed by atoms with van der Waals surface area (Å²) in [4.78, 5) is 90.2. The number of alkyl carbamates (subject to hydrolysis) is 2. The second kappa shape index (κ2) is 21.0. The molecule has 2 aliphatic rings. The van der Waals surface area contributed by atoms with E-state index in [0.717, 1.165) is 12.8 Å². The van der Waals surface area contributed by atoms with Crippen LogP contribution in [0.3, 0.4) is 0 Å². The van der Waals surface area contributed by atoms with Gasteiger partial charge in [0, 0.05) is 31.3 Å². The van der Waals surface area contributed by atoms with E-state index >= 15 is 0 Å². The number of esters is 3. The molecule has 2 atom stereocenters. The second-order valence-corrected chi connectivity index (χ2v) is 12.6. The fourth-order valence-electron chi connectivity index (χ4n) is 4.17. The second-order valence-electron chi connectivity index (χ2n) is 12.6. The molecule has 2 saturated carbocycles. The fourth-order valence-corrected chi connectivity index (χ4v) is 4.17. The minimum absolute atomic E-state index is 0.0745. The van der Waals surface area contributed by atoms with Crippen LogP contribution in [-0.4, -0.2) is 90.6 Å². The average molecular weight is 673 g/mol. The minimum Gasteiger partial charge on any atom is -0.460 e. The van der Waals surface area contributed by atoms with Gasteiger partial charge in [-0.25, -0.2) is 24.0 Å². The number of hydrogen-bond donors (Lipinski definition) is 2. The Kier molecular flexibility index (Phi) is 19.2. The van der Waals surface area contributed by atoms with E-state index in [2.05, 4.69) is 24.8 Å². The molecule has 0 aromatic carbocycles. The molecule has 2 amide bonds. The minimum atomic E-state index is -1.05. The zero-order valence-electron chi connectivity index (χ0n) is 29.1. The number of amides is 2. The lowest BCUT2D eigenvalue weighted by molar-refractivity contribution is -0.167. The molecule has 2 fully saturated rings. The van der Waals surface area contributed by atoms with Crippen molar-refractivity contribution >= 4 is 47.4 Å². The van der Waals surface area contributed by atoms with Crippen LogP contribution in [0.4, 0.5) is 9.59 Å². The largest absolute Gasteiger partial charge is 0.460 e. The van der Waals surface area contributed by atoms with Gasteiger partial charge >= 0.3 is 30.1 Å². The van der Waals surface area contributed by atoms with Gasteiger partial charge in [0.1, 0.15) is 22.8 Å². The Balaban J connectivity index is 0.000000732. The van der Waals surface area contributed by atoms with Crippen molar-refractivity contribution in [3.63, 3.8) is 0 Å². The lowest BCUT2D eigenvalue weighted by Gasteiger charge is -2.28. The van der Waals surface area contributed by atoms with Crippen LogP contribution < -0.4 is 10.6 Å². The van der Waals surface area contributed by atoms with Gasteiger partial charge in [-0.15, -0.1) is 0 Å². The topological polar surface area (TPSA) is 207 Å². The molecule has 2 unspecified atom stereocenters. The van der Waals surface area contributed by atoms with Gasteiger partial charge in [0.05, 0.1) is 25.7 Å². The molecule has 15 heteroatoms. The van der Waals surface area contributed by atoms with Crippen LogP contribution in [0, 0.1) is 5.92 Å². The molecular weight excluding hydrogens is 620 g/mol. The third kappa shape index (κ3) is 19.9. The van der Waals surface area contributed by atoms with Crippen LogP contribution in [-0.2, 0) is 52.5 Å². The van der Waals surface area contributed by atoms with Gasteiger partial charge in [0.15, 0.2) is 0 Å². The van der Waals surface area contributed by atoms with E-state index < -0.39 is 46.9 Å². The maximum atomic E-state index is 11.9. The molecule has 0 heterocycles. The molecule has 0 aromatic heterocycles. The first-order valence-electron chi connectivity index (χ1n) is 15.8. The lowest BCUT2D eigenvalue weighted by atomic mass is 9.82. The summed E-state index contributed by atoms with van der Waals surface area (Å²) in [5.41, 5.74) is -1.09. The SMILES string of the molecule is CC(C)(C)OC(=O)NC1CCC(=O)CC1.CCOC(=O)C(=O)C1CC(NC(=O)OC(C)(C)C)CCC1=O.CCOC(=O)C(=O)OCC. The normalized spacial score (nSPS) is 18.1. The summed E-state index contributed by atoms with van der Waals surface area (Å²) in [6.07, 6.45) is 2.27. The van der Waals surface area contributed by atoms with Crippen molar-refractivity contribution in [2.24, 2.45) is 5.92 Å². The van der Waals surface area contributed by atoms with E-state index in [1.54, 1.807) is 41.5 Å². The lowest BCUT2D eigenvalue weighted by Crippen LogP contribution is -2.46. The molecule has 47 heavy (non-hydrogen) atoms. The first-order chi connectivity index (χ1) is 21.7. The Morgan fingerprint density at radius 3 is 1.40 bits per heavy atom. The van der Waals surface area contributed by atoms with Crippen molar-refractivity contribution < 1.29 is 62.0 Å². The first kappa shape index (κ1) is 43.0. The fraction of sp³-hybridized carbons (Fsp3) is 0.750. The number of nitrogens with one attached hydrogen (secondary N) is 2. The third-order valence-corrected chi connectivity index (χ3v) is 6.14. The highest BCUT2D eigenvalue weighted by atomic mass is 16.6. The molecule has 0 spiro atoms. The zero-order chi connectivity index (χ0) is 36.4. The smallest absolute Gasteiger partial charge is 0.417 e. The van der Waals surface area contributed by atoms with E-state index in [-0.39, 0.29) is 62.4 Å². The molecule has 0 radical (unpaired) electrons. The molecule has 0 aromatic rings. The Labute approximate surface area is 276 Å². The predicted molar refractivity (Wildman–Crippen MR) is 167 cm³/mol. The highest BCUT2D eigenvalue weighted by molar-refractivity contribution is 6.38. The maximum absolute atomic E-state index is 11.9. The quantitative estimate of drug-likeness (QED) is 0.172. The molecule has 268 valence electrons. The Bertz CT molecular complexity index is 1080. The van der Waals surface area contributed by atoms with Gasteiger partial charge in [0.2, 0.25) is 0 Å². The summed E-state index contributed by atoms with van der Waals surface area (Å²) in [7, 11) is 0. The van der Waals surface area contributed by atoms with Crippen LogP contribution in [0.25, 0.3) is 0 Å². The highest BCUT2D eigenvalue weighted by Gasteiger charge is 2.38. The molecule has 0 bridgehead atoms. The summed E-state index contributed by atoms with van der Waals surface area (Å²) in [6.45, 7) is 16.0. The van der Waals surface area contributed by atoms with Crippen molar-refractivity contribution in [3.8, 4) is 0 Å². The summed E-state index contributed by atoms with van der Waals surface area (Å²) in [5.74, 6) is -4.75. The number of ether oxygens (including phenoxy) is 5. The van der Waals surface area contributed by atoms with Gasteiger partial charge < -0.3 is 34.3 Å². The third-order valence-electron chi connectivity index (χ3n) is 6.14. The van der Waals surface area contributed by atoms with Gasteiger partial charge in [0.25, 0.3) is 5.78 Å². The van der Waals surface area contributed by atoms with Crippen molar-refractivity contribution in [3.05, 3.63) is 0 Å². The van der Waals surface area contributed by atoms with E-state index in [0.29, 0.717) is 19.3 Å². The summed E-state index contributed by atoms with van der Waals surface area (Å²) < 4.78 is 23.6. The predicted octanol–water partition coefficient (Wildman–Crippen LogP) is 3.52. The highest BCUT2D eigenvalue weighted by Crippen LogP contribution is 2.23. The molecule has 2 aliphatic carbocycles. The molecule has 0 aliphatic heterocycles. The van der Waals surface area contributed by atoms with Gasteiger partial charge in [-0.1, -0.05) is 0 Å². The number of carbonyl (C=O) groups is 8. The van der Waals surface area contributed by atoms with E-state index in [9.17, 15) is 38.4 Å². The zero-order valence-corrected chi connectivity index (χ0v) is 29.1. The molecule has 2 rings (SSSR count). The van der Waals surface area contributed by atoms with Crippen molar-refractivity contribution in [2.45, 2.75) is 131 Å². The van der Waals surface area contributed by atoms with Crippen LogP contribution >= 0.6 is 0 Å². The van der Waals surface area contributed by atoms with Crippen molar-refractivity contribution in [2.75, 3.05) is 19.8 Å². The molecular formula is C32H52N2O13. The van der Waals surface area contributed by atoms with Gasteiger partial charge in [-0.05, 0) is 88.0 Å². The molecule has 0 saturated heterocycles. The van der Waals surface area contributed by atoms with Crippen LogP contribution in [0.5, 0.6) is 0 Å². The van der Waals surface area contributed by atoms with Crippen LogP contribution in [0.15, 0.2) is 0 Å². The number of rotatable bonds is 7. The van der Waals surface area contributed by atoms with E-state index in [1.807, 2.05) is 20.8 Å². The van der Waals surface area contributed by atoms with E-state index in [4.69, 9.17) is 9.47 Å². The first-order valence-corrected chi connectivity index (χ1v) is 15.8. The summed E-state index contributed by atoms with van der Waals surface area (Å²) in [6, 6.07) is -0.284. The Morgan fingerprint density at radius 1 is 0.617 bits per heavy atom. The van der Waals surface area contributed by atoms with E-state index in [1.165, 1.54) is 0 Å². The van der Waals surface area contributed by atoms with Crippen LogP contribution in [0.1, 0.15) is 107 Å². The van der Waals surface area contributed by atoms with Gasteiger partial charge in [-0.2, -0.15) is 0 Å². The number of hydrogen-bond acceptors (Lipinski definition) is 13. The number of ketones is 3. The van der Waals surface area contributed by atoms with Crippen LogP contribution in [0.2, 0.25) is 0 Å².